The van der Waals surface area contributed by atoms with E-state index in [0.717, 1.165) is 12.0 Å². The van der Waals surface area contributed by atoms with Crippen molar-refractivity contribution in [3.05, 3.63) is 51.2 Å². The topological polar surface area (TPSA) is 82.3 Å². The number of hydrogen-bond donors (Lipinski definition) is 1. The molecule has 0 aliphatic carbocycles. The first-order valence-electron chi connectivity index (χ1n) is 5.91. The number of nitrogens with zero attached hydrogens (tertiary/aromatic N) is 1. The van der Waals surface area contributed by atoms with Crippen LogP contribution in [0, 0.1) is 0 Å². The van der Waals surface area contributed by atoms with E-state index >= 15 is 0 Å². The maximum Gasteiger partial charge on any atom is 0.238 e. The van der Waals surface area contributed by atoms with Gasteiger partial charge < -0.3 is 4.74 Å². The minimum Gasteiger partial charge on any atom is -0.491 e. The SMILES string of the molecule is NS(=O)(=O)c1cc(Br)c(OCCc2ccncc2)c(Br)c1. The molecule has 0 atom stereocenters. The Morgan fingerprint density at radius 1 is 1.14 bits per heavy atom. The van der Waals surface area contributed by atoms with Crippen LogP contribution in [0.4, 0.5) is 0 Å². The first-order valence-corrected chi connectivity index (χ1v) is 9.04. The molecule has 5 nitrogen and oxygen atoms in total. The molecular formula is C13H12Br2N2O3S. The van der Waals surface area contributed by atoms with Crippen molar-refractivity contribution >= 4 is 41.9 Å². The normalized spacial score (nSPS) is 11.4. The van der Waals surface area contributed by atoms with Crippen molar-refractivity contribution in [2.75, 3.05) is 6.61 Å². The zero-order chi connectivity index (χ0) is 15.5. The molecule has 2 rings (SSSR count). The Balaban J connectivity index is 2.11. The minimum absolute atomic E-state index is 0.0164. The van der Waals surface area contributed by atoms with Gasteiger partial charge in [0.15, 0.2) is 0 Å². The molecule has 2 aromatic rings. The summed E-state index contributed by atoms with van der Waals surface area (Å²) in [5, 5.41) is 5.10. The van der Waals surface area contributed by atoms with E-state index in [1.807, 2.05) is 12.1 Å². The van der Waals surface area contributed by atoms with Crippen LogP contribution in [-0.2, 0) is 16.4 Å². The van der Waals surface area contributed by atoms with Crippen molar-refractivity contribution in [3.63, 3.8) is 0 Å². The molecule has 0 aliphatic heterocycles. The van der Waals surface area contributed by atoms with Gasteiger partial charge in [0.25, 0.3) is 0 Å². The number of benzene rings is 1. The Kier molecular flexibility index (Phi) is 5.37. The fraction of sp³-hybridized carbons (Fsp3) is 0.154. The number of nitrogens with two attached hydrogens (primary N) is 1. The lowest BCUT2D eigenvalue weighted by molar-refractivity contribution is 0.317. The molecule has 1 aromatic heterocycles. The first kappa shape index (κ1) is 16.4. The average Bonchev–Trinajstić information content (AvgIpc) is 2.42. The summed E-state index contributed by atoms with van der Waals surface area (Å²) in [6.07, 6.45) is 4.17. The van der Waals surface area contributed by atoms with Crippen LogP contribution in [-0.4, -0.2) is 20.0 Å². The second-order valence-corrected chi connectivity index (χ2v) is 7.49. The van der Waals surface area contributed by atoms with Crippen molar-refractivity contribution in [1.82, 2.24) is 4.98 Å². The van der Waals surface area contributed by atoms with Crippen molar-refractivity contribution in [2.24, 2.45) is 5.14 Å². The van der Waals surface area contributed by atoms with E-state index in [0.29, 0.717) is 21.3 Å². The van der Waals surface area contributed by atoms with Gasteiger partial charge in [-0.1, -0.05) is 0 Å². The van der Waals surface area contributed by atoms with Crippen molar-refractivity contribution in [1.29, 1.82) is 0 Å². The van der Waals surface area contributed by atoms with E-state index in [-0.39, 0.29) is 4.90 Å². The zero-order valence-electron chi connectivity index (χ0n) is 10.8. The quantitative estimate of drug-likeness (QED) is 0.782. The third-order valence-corrected chi connectivity index (χ3v) is 4.76. The summed E-state index contributed by atoms with van der Waals surface area (Å²) < 4.78 is 29.4. The van der Waals surface area contributed by atoms with Gasteiger partial charge in [-0.25, -0.2) is 13.6 Å². The molecule has 1 heterocycles. The molecule has 112 valence electrons. The van der Waals surface area contributed by atoms with Gasteiger partial charge in [0.2, 0.25) is 10.0 Å². The first-order chi connectivity index (χ1) is 9.88. The van der Waals surface area contributed by atoms with Gasteiger partial charge in [-0.3, -0.25) is 4.98 Å². The van der Waals surface area contributed by atoms with Gasteiger partial charge in [-0.2, -0.15) is 0 Å². The average molecular weight is 436 g/mol. The zero-order valence-corrected chi connectivity index (χ0v) is 14.8. The number of pyridine rings is 1. The summed E-state index contributed by atoms with van der Waals surface area (Å²) in [6, 6.07) is 6.67. The van der Waals surface area contributed by atoms with E-state index in [2.05, 4.69) is 36.8 Å². The third kappa shape index (κ3) is 4.50. The molecule has 8 heteroatoms. The molecule has 21 heavy (non-hydrogen) atoms. The van der Waals surface area contributed by atoms with E-state index in [1.54, 1.807) is 12.4 Å². The van der Waals surface area contributed by atoms with Gasteiger partial charge in [0.05, 0.1) is 20.4 Å². The molecule has 0 unspecified atom stereocenters. The van der Waals surface area contributed by atoms with Gasteiger partial charge >= 0.3 is 0 Å². The molecule has 0 aliphatic rings. The molecule has 0 saturated carbocycles. The van der Waals surface area contributed by atoms with Crippen LogP contribution in [0.25, 0.3) is 0 Å². The summed E-state index contributed by atoms with van der Waals surface area (Å²) in [5.74, 6) is 0.538. The van der Waals surface area contributed by atoms with Gasteiger partial charge in [-0.15, -0.1) is 0 Å². The molecule has 0 fully saturated rings. The molecular weight excluding hydrogens is 424 g/mol. The molecule has 0 spiro atoms. The Bertz CT molecular complexity index is 713. The number of rotatable bonds is 5. The molecule has 0 saturated heterocycles. The van der Waals surface area contributed by atoms with E-state index in [4.69, 9.17) is 9.88 Å². The maximum atomic E-state index is 11.3. The van der Waals surface area contributed by atoms with E-state index < -0.39 is 10.0 Å². The number of aromatic nitrogens is 1. The van der Waals surface area contributed by atoms with Crippen molar-refractivity contribution < 1.29 is 13.2 Å². The highest BCUT2D eigenvalue weighted by Gasteiger charge is 2.15. The second kappa shape index (κ2) is 6.87. The number of hydrogen-bond acceptors (Lipinski definition) is 4. The summed E-state index contributed by atoms with van der Waals surface area (Å²) in [7, 11) is -3.75. The highest BCUT2D eigenvalue weighted by atomic mass is 79.9. The summed E-state index contributed by atoms with van der Waals surface area (Å²) in [6.45, 7) is 0.454. The number of halogens is 2. The predicted molar refractivity (Wildman–Crippen MR) is 86.7 cm³/mol. The molecule has 0 amide bonds. The Morgan fingerprint density at radius 2 is 1.71 bits per heavy atom. The molecule has 2 N–H and O–H groups in total. The van der Waals surface area contributed by atoms with Crippen LogP contribution >= 0.6 is 31.9 Å². The van der Waals surface area contributed by atoms with Gasteiger partial charge in [0, 0.05) is 18.8 Å². The number of sulfonamides is 1. The fourth-order valence-corrected chi connectivity index (χ4v) is 3.94. The third-order valence-electron chi connectivity index (χ3n) is 2.69. The highest BCUT2D eigenvalue weighted by molar-refractivity contribution is 9.11. The van der Waals surface area contributed by atoms with Crippen LogP contribution < -0.4 is 9.88 Å². The largest absolute Gasteiger partial charge is 0.491 e. The lowest BCUT2D eigenvalue weighted by Gasteiger charge is -2.11. The smallest absolute Gasteiger partial charge is 0.238 e. The fourth-order valence-electron chi connectivity index (χ4n) is 1.66. The van der Waals surface area contributed by atoms with Crippen molar-refractivity contribution in [3.8, 4) is 5.75 Å². The summed E-state index contributed by atoms with van der Waals surface area (Å²) >= 11 is 6.58. The van der Waals surface area contributed by atoms with E-state index in [9.17, 15) is 8.42 Å². The molecule has 1 aromatic carbocycles. The monoisotopic (exact) mass is 434 g/mol. The predicted octanol–water partition coefficient (Wildman–Crippen LogP) is 2.88. The second-order valence-electron chi connectivity index (χ2n) is 4.21. The Labute approximate surface area is 139 Å². The molecule has 0 radical (unpaired) electrons. The van der Waals surface area contributed by atoms with Gasteiger partial charge in [-0.05, 0) is 61.7 Å². The number of primary sulfonamides is 1. The lowest BCUT2D eigenvalue weighted by Crippen LogP contribution is -2.12. The van der Waals surface area contributed by atoms with Crippen molar-refractivity contribution in [2.45, 2.75) is 11.3 Å². The van der Waals surface area contributed by atoms with Crippen LogP contribution in [0.2, 0.25) is 0 Å². The highest BCUT2D eigenvalue weighted by Crippen LogP contribution is 2.35. The lowest BCUT2D eigenvalue weighted by atomic mass is 10.2. The minimum atomic E-state index is -3.75. The Morgan fingerprint density at radius 3 is 2.24 bits per heavy atom. The Hall–Kier alpha value is -0.960. The number of ether oxygens (including phenoxy) is 1. The van der Waals surface area contributed by atoms with Gasteiger partial charge in [0.1, 0.15) is 5.75 Å². The molecule has 0 bridgehead atoms. The van der Waals surface area contributed by atoms with E-state index in [1.165, 1.54) is 12.1 Å². The van der Waals surface area contributed by atoms with Crippen LogP contribution in [0.15, 0.2) is 50.5 Å². The van der Waals surface area contributed by atoms with Crippen LogP contribution in [0.5, 0.6) is 5.75 Å². The standard InChI is InChI=1S/C13H12Br2N2O3S/c14-11-7-10(21(16,18)19)8-12(15)13(11)20-6-3-9-1-4-17-5-2-9/h1-2,4-5,7-8H,3,6H2,(H2,16,18,19). The van der Waals surface area contributed by atoms with Crippen LogP contribution in [0.3, 0.4) is 0 Å². The maximum absolute atomic E-state index is 11.3. The summed E-state index contributed by atoms with van der Waals surface area (Å²) in [4.78, 5) is 3.96. The van der Waals surface area contributed by atoms with Crippen LogP contribution in [0.1, 0.15) is 5.56 Å². The summed E-state index contributed by atoms with van der Waals surface area (Å²) in [5.41, 5.74) is 1.11.